The van der Waals surface area contributed by atoms with Crippen molar-refractivity contribution in [2.45, 2.75) is 189 Å². The van der Waals surface area contributed by atoms with Gasteiger partial charge in [0.2, 0.25) is 29.5 Å². The predicted molar refractivity (Wildman–Crippen MR) is 464 cm³/mol. The van der Waals surface area contributed by atoms with Gasteiger partial charge in [0, 0.05) is 192 Å². The molecule has 0 radical (unpaired) electrons. The number of aromatic nitrogens is 8. The number of benzene rings is 3. The van der Waals surface area contributed by atoms with Crippen molar-refractivity contribution in [1.29, 1.82) is 0 Å². The van der Waals surface area contributed by atoms with Crippen molar-refractivity contribution in [3.8, 4) is 0 Å². The van der Waals surface area contributed by atoms with Gasteiger partial charge < -0.3 is 89.2 Å². The van der Waals surface area contributed by atoms with Crippen LogP contribution in [-0.2, 0) is 102 Å². The van der Waals surface area contributed by atoms with E-state index in [1.165, 1.54) is 24.0 Å². The average molecular weight is 1920 g/mol. The standard InChI is InChI=1S/C25H29F3N6O4.C23H24F3N5O4.C20H21F3N6O2.C18H27N5O3.C2H3ClO2/c1-14-9-34-19(10-32(14)22(36)30-15-5-16(26)21(28)17(27)6-15)18(8-29-34)33-13-25(7-20(33)35)11-31(12-25)23(37)38-24(2,3)4;1-13-8-31-18(9-29(13)19(32)5-14-3-15(24)21(26)16(25)4-14)17(7-27-31)30-12-23(6-20(30)33)10-28(11-23)22(34)35-2;1-11-6-29-16(15(5-25-29)28-10-20(4-17(28)30)8-24-9-20)7-27(11)19(31)26-12-2-13(21)18(23)14(22)3-12;1-12-8-23-14(6-19-12)13(7-20-23)22-11-18(5-15(22)24)9-21(10-18)16(25)26-17(2,3)4;1-5-2(3)4/h5-6,8,14H,7,9-13H2,1-4H3,(H,30,36);3-4,7,13H,5-6,8-12H2,1-2H3;2-3,5,11,24H,4,6-10H2,1H3,(H,26,31);7,12,19H,5-6,8-11H2,1-4H3;1H3/t14-;13-;11-;12-;/m0000./s1. The Morgan fingerprint density at radius 2 is 0.733 bits per heavy atom. The molecule has 3 aromatic carbocycles. The Kier molecular flexibility index (Phi) is 26.6. The first-order valence-corrected chi connectivity index (χ1v) is 44.2. The molecule has 12 amide bonds. The number of hydrogen-bond acceptors (Lipinski definition) is 21. The Hall–Kier alpha value is -12.8. The van der Waals surface area contributed by atoms with Gasteiger partial charge in [-0.25, -0.2) is 68.3 Å². The highest BCUT2D eigenvalue weighted by Crippen LogP contribution is 2.48. The van der Waals surface area contributed by atoms with Gasteiger partial charge >= 0.3 is 35.8 Å². The van der Waals surface area contributed by atoms with Gasteiger partial charge in [0.25, 0.3) is 0 Å². The van der Waals surface area contributed by atoms with Gasteiger partial charge in [0.1, 0.15) is 11.2 Å². The second kappa shape index (κ2) is 37.1. The Morgan fingerprint density at radius 1 is 0.430 bits per heavy atom. The number of carbonyl (C=O) groups excluding carboxylic acids is 11. The van der Waals surface area contributed by atoms with Crippen LogP contribution in [0.4, 0.5) is 102 Å². The molecule has 19 rings (SSSR count). The second-order valence-corrected chi connectivity index (χ2v) is 39.1. The summed E-state index contributed by atoms with van der Waals surface area (Å²) in [5.74, 6) is -13.5. The Labute approximate surface area is 773 Å². The van der Waals surface area contributed by atoms with E-state index in [9.17, 15) is 92.3 Å². The summed E-state index contributed by atoms with van der Waals surface area (Å²) in [7, 11) is 2.53. The molecule has 16 heterocycles. The zero-order valence-corrected chi connectivity index (χ0v) is 77.0. The van der Waals surface area contributed by atoms with E-state index in [0.717, 1.165) is 67.5 Å². The number of nitrogens with one attached hydrogen (secondary N) is 4. The number of nitrogens with zero attached hydrogens (tertiary/aromatic N) is 18. The highest BCUT2D eigenvalue weighted by atomic mass is 35.5. The molecule has 4 atom stereocenters. The van der Waals surface area contributed by atoms with Crippen LogP contribution in [0.3, 0.4) is 0 Å². The van der Waals surface area contributed by atoms with E-state index in [-0.39, 0.29) is 125 Å². The molecule has 8 saturated heterocycles. The molecule has 12 aliphatic rings. The molecule has 0 aliphatic carbocycles. The number of hydrogen-bond donors (Lipinski definition) is 4. The second-order valence-electron chi connectivity index (χ2n) is 38.8. The maximum Gasteiger partial charge on any atom is 0.410 e. The lowest BCUT2D eigenvalue weighted by molar-refractivity contribution is -0.134. The van der Waals surface area contributed by atoms with Crippen molar-refractivity contribution in [1.82, 2.24) is 79.2 Å². The number of rotatable bonds is 8. The molecule has 0 saturated carbocycles. The van der Waals surface area contributed by atoms with Crippen molar-refractivity contribution in [2.24, 2.45) is 21.7 Å². The van der Waals surface area contributed by atoms with Gasteiger partial charge in [0.15, 0.2) is 52.4 Å². The van der Waals surface area contributed by atoms with Crippen LogP contribution in [0.5, 0.6) is 0 Å². The largest absolute Gasteiger partial charge is 0.457 e. The van der Waals surface area contributed by atoms with Crippen LogP contribution >= 0.6 is 11.6 Å². The smallest absolute Gasteiger partial charge is 0.410 e. The van der Waals surface area contributed by atoms with E-state index in [1.54, 1.807) is 101 Å². The predicted octanol–water partition coefficient (Wildman–Crippen LogP) is 10.2. The maximum atomic E-state index is 13.6. The molecule has 12 aliphatic heterocycles. The Balaban J connectivity index is 0.000000136. The van der Waals surface area contributed by atoms with Crippen molar-refractivity contribution < 1.29 is 111 Å². The minimum atomic E-state index is -1.61. The topological polar surface area (TPSA) is 376 Å². The minimum Gasteiger partial charge on any atom is -0.457 e. The molecule has 4 spiro atoms. The molecule has 7 aromatic rings. The molecule has 4 N–H and O–H groups in total. The van der Waals surface area contributed by atoms with Crippen LogP contribution in [-0.4, -0.2) is 262 Å². The summed E-state index contributed by atoms with van der Waals surface area (Å²) < 4.78 is 148. The monoisotopic (exact) mass is 1910 g/mol. The van der Waals surface area contributed by atoms with E-state index in [4.69, 9.17) is 14.2 Å². The first kappa shape index (κ1) is 96.8. The molecule has 0 bridgehead atoms. The number of likely N-dealkylation sites (tertiary alicyclic amines) is 3. The summed E-state index contributed by atoms with van der Waals surface area (Å²) in [6.07, 6.45) is 6.75. The fourth-order valence-electron chi connectivity index (χ4n) is 19.2. The molecular weight excluding hydrogens is 1810 g/mol. The van der Waals surface area contributed by atoms with Gasteiger partial charge in [-0.05, 0) is 86.9 Å². The van der Waals surface area contributed by atoms with Crippen LogP contribution in [0, 0.1) is 74.0 Å². The van der Waals surface area contributed by atoms with E-state index in [0.29, 0.717) is 151 Å². The molecule has 47 heteroatoms. The number of methoxy groups -OCH3 is 2. The molecule has 4 aromatic heterocycles. The molecule has 0 unspecified atom stereocenters. The Morgan fingerprint density at radius 3 is 1.05 bits per heavy atom. The van der Waals surface area contributed by atoms with Crippen LogP contribution in [0.25, 0.3) is 0 Å². The van der Waals surface area contributed by atoms with Crippen molar-refractivity contribution >= 4 is 111 Å². The van der Waals surface area contributed by atoms with Gasteiger partial charge in [-0.2, -0.15) is 20.4 Å². The van der Waals surface area contributed by atoms with Crippen molar-refractivity contribution in [2.75, 3.05) is 123 Å². The number of halogens is 10. The van der Waals surface area contributed by atoms with E-state index in [1.807, 2.05) is 44.2 Å². The summed E-state index contributed by atoms with van der Waals surface area (Å²) >= 11 is 4.60. The highest BCUT2D eigenvalue weighted by Gasteiger charge is 2.58. The van der Waals surface area contributed by atoms with E-state index in [2.05, 4.69) is 64.9 Å². The van der Waals surface area contributed by atoms with E-state index < -0.39 is 93.2 Å². The summed E-state index contributed by atoms with van der Waals surface area (Å²) in [6.45, 7) is 28.1. The summed E-state index contributed by atoms with van der Waals surface area (Å²) in [5.41, 5.74) is 2.73. The summed E-state index contributed by atoms with van der Waals surface area (Å²) in [4.78, 5) is 152. The van der Waals surface area contributed by atoms with Crippen LogP contribution in [0.15, 0.2) is 61.2 Å². The van der Waals surface area contributed by atoms with Crippen molar-refractivity contribution in [3.05, 3.63) is 142 Å². The first-order valence-electron chi connectivity index (χ1n) is 43.8. The first-order chi connectivity index (χ1) is 63.5. The maximum absolute atomic E-state index is 13.6. The van der Waals surface area contributed by atoms with E-state index >= 15 is 0 Å². The number of urea groups is 2. The van der Waals surface area contributed by atoms with Crippen LogP contribution < -0.4 is 40.9 Å². The molecule has 37 nitrogen and oxygen atoms in total. The SMILES string of the molecule is COC(=O)Cl.COC(=O)N1CC2(CC(=O)N(c3cnn4c3CN(C(=O)Cc3cc(F)c(F)c(F)c3)[C@@H](C)C4)C2)C1.C[C@H]1Cn2ncc(N3CC4(CC3=O)CN(C(=O)OC(C)(C)C)C4)c2CN1.C[C@H]1Cn2ncc(N3CC4(CC3=O)CN(C(=O)OC(C)(C)C)C4)c2CN1C(=O)Nc1cc(F)c(F)c(F)c1.C[C@H]1Cn2ncc(N3CC4(CNC4)CC3=O)c2CN1C(=O)Nc1cc(F)c(F)c(F)c1. The van der Waals surface area contributed by atoms with Crippen LogP contribution in [0.1, 0.15) is 123 Å². The molecular formula is C88H104ClF9N22O15. The number of ether oxygens (including phenoxy) is 4. The quantitative estimate of drug-likeness (QED) is 0.0475. The summed E-state index contributed by atoms with van der Waals surface area (Å²) in [6, 6.07) is 2.87. The third-order valence-electron chi connectivity index (χ3n) is 25.9. The Bertz CT molecular complexity index is 5810. The normalized spacial score (nSPS) is 21.2. The number of fused-ring (bicyclic) bond motifs is 4. The van der Waals surface area contributed by atoms with Gasteiger partial charge in [-0.15, -0.1) is 0 Å². The fourth-order valence-corrected chi connectivity index (χ4v) is 19.2. The fraction of sp³-hybridized carbons (Fsp3) is 0.534. The van der Waals surface area contributed by atoms with Gasteiger partial charge in [-0.1, -0.05) is 0 Å². The lowest BCUT2D eigenvalue weighted by Gasteiger charge is -2.47. The zero-order valence-electron chi connectivity index (χ0n) is 76.2. The van der Waals surface area contributed by atoms with Crippen LogP contribution in [0.2, 0.25) is 0 Å². The molecule has 8 fully saturated rings. The number of anilines is 6. The van der Waals surface area contributed by atoms with Gasteiger partial charge in [0.05, 0.1) is 149 Å². The summed E-state index contributed by atoms with van der Waals surface area (Å²) in [5, 5.41) is 29.2. The lowest BCUT2D eigenvalue weighted by Crippen LogP contribution is -2.60. The minimum absolute atomic E-state index is 0.0317. The van der Waals surface area contributed by atoms with Crippen molar-refractivity contribution in [3.63, 3.8) is 0 Å². The molecule has 726 valence electrons. The lowest BCUT2D eigenvalue weighted by atomic mass is 9.79. The molecule has 135 heavy (non-hydrogen) atoms. The number of amides is 12. The highest BCUT2D eigenvalue weighted by molar-refractivity contribution is 6.61. The third kappa shape index (κ3) is 20.2. The average Bonchev–Trinajstić information content (AvgIpc) is 1.60. The number of carbonyl (C=O) groups is 11. The van der Waals surface area contributed by atoms with Gasteiger partial charge in [-0.3, -0.25) is 42.7 Å². The zero-order chi connectivity index (χ0) is 97.5. The third-order valence-corrected chi connectivity index (χ3v) is 26.0.